The summed E-state index contributed by atoms with van der Waals surface area (Å²) in [5, 5.41) is 3.88. The minimum absolute atomic E-state index is 0.0873. The molecule has 0 spiro atoms. The number of nitrogens with zero attached hydrogens (tertiary/aromatic N) is 4. The highest BCUT2D eigenvalue weighted by Crippen LogP contribution is 2.23. The summed E-state index contributed by atoms with van der Waals surface area (Å²) in [6, 6.07) is 7.55. The number of piperazine rings is 1. The van der Waals surface area contributed by atoms with Crippen molar-refractivity contribution in [1.29, 1.82) is 0 Å². The Labute approximate surface area is 135 Å². The van der Waals surface area contributed by atoms with E-state index in [1.165, 1.54) is 0 Å². The second-order valence-electron chi connectivity index (χ2n) is 5.98. The number of amides is 1. The van der Waals surface area contributed by atoms with Crippen LogP contribution in [0.3, 0.4) is 0 Å². The van der Waals surface area contributed by atoms with Crippen LogP contribution in [0.4, 0.5) is 0 Å². The maximum absolute atomic E-state index is 11.3. The molecule has 2 N–H and O–H groups in total. The van der Waals surface area contributed by atoms with Gasteiger partial charge in [-0.15, -0.1) is 0 Å². The average molecular weight is 315 g/mol. The van der Waals surface area contributed by atoms with Gasteiger partial charge < -0.3 is 10.3 Å². The van der Waals surface area contributed by atoms with Crippen LogP contribution in [0.25, 0.3) is 0 Å². The van der Waals surface area contributed by atoms with Crippen molar-refractivity contribution in [3.63, 3.8) is 0 Å². The number of rotatable bonds is 4. The molecule has 0 bridgehead atoms. The first-order valence-corrected chi connectivity index (χ1v) is 7.64. The SMILES string of the molecule is Cc1noc([C@H]2CN(Cc3cccc(C(N)=O)c3)CCN2C)n1. The molecule has 0 radical (unpaired) electrons. The Morgan fingerprint density at radius 1 is 1.43 bits per heavy atom. The molecule has 2 heterocycles. The van der Waals surface area contributed by atoms with E-state index in [1.54, 1.807) is 6.07 Å². The number of carbonyl (C=O) groups is 1. The molecule has 7 nitrogen and oxygen atoms in total. The van der Waals surface area contributed by atoms with E-state index in [4.69, 9.17) is 10.3 Å². The van der Waals surface area contributed by atoms with Gasteiger partial charge in [0.1, 0.15) is 6.04 Å². The lowest BCUT2D eigenvalue weighted by atomic mass is 10.1. The number of benzene rings is 1. The molecule has 23 heavy (non-hydrogen) atoms. The van der Waals surface area contributed by atoms with Crippen LogP contribution in [0.15, 0.2) is 28.8 Å². The summed E-state index contributed by atoms with van der Waals surface area (Å²) >= 11 is 0. The number of carbonyl (C=O) groups excluding carboxylic acids is 1. The van der Waals surface area contributed by atoms with Crippen LogP contribution in [0, 0.1) is 6.92 Å². The number of nitrogens with two attached hydrogens (primary N) is 1. The molecule has 1 atom stereocenters. The van der Waals surface area contributed by atoms with Crippen molar-refractivity contribution >= 4 is 5.91 Å². The van der Waals surface area contributed by atoms with Crippen LogP contribution >= 0.6 is 0 Å². The largest absolute Gasteiger partial charge is 0.366 e. The molecule has 1 aliphatic heterocycles. The van der Waals surface area contributed by atoms with Gasteiger partial charge in [-0.3, -0.25) is 14.6 Å². The number of aromatic nitrogens is 2. The normalized spacial score (nSPS) is 19.8. The maximum Gasteiger partial charge on any atom is 0.248 e. The minimum atomic E-state index is -0.399. The van der Waals surface area contributed by atoms with Crippen LogP contribution < -0.4 is 5.73 Å². The van der Waals surface area contributed by atoms with Gasteiger partial charge in [-0.25, -0.2) is 0 Å². The van der Waals surface area contributed by atoms with Crippen molar-refractivity contribution in [2.45, 2.75) is 19.5 Å². The standard InChI is InChI=1S/C16H21N5O2/c1-11-18-16(23-19-11)14-10-21(7-6-20(14)2)9-12-4-3-5-13(8-12)15(17)22/h3-5,8,14H,6-7,9-10H2,1-2H3,(H2,17,22)/t14-/m1/s1. The zero-order valence-electron chi connectivity index (χ0n) is 13.4. The third-order valence-corrected chi connectivity index (χ3v) is 4.18. The minimum Gasteiger partial charge on any atom is -0.366 e. The Morgan fingerprint density at radius 2 is 2.26 bits per heavy atom. The van der Waals surface area contributed by atoms with Gasteiger partial charge in [0, 0.05) is 31.7 Å². The lowest BCUT2D eigenvalue weighted by molar-refractivity contribution is 0.0714. The highest BCUT2D eigenvalue weighted by Gasteiger charge is 2.29. The summed E-state index contributed by atoms with van der Waals surface area (Å²) in [5.74, 6) is 0.907. The zero-order chi connectivity index (χ0) is 16.4. The van der Waals surface area contributed by atoms with Gasteiger partial charge in [-0.1, -0.05) is 17.3 Å². The number of hydrogen-bond donors (Lipinski definition) is 1. The topological polar surface area (TPSA) is 88.5 Å². The van der Waals surface area contributed by atoms with Crippen molar-refractivity contribution in [2.75, 3.05) is 26.7 Å². The third-order valence-electron chi connectivity index (χ3n) is 4.18. The molecule has 0 unspecified atom stereocenters. The Bertz CT molecular complexity index is 699. The Hall–Kier alpha value is -2.25. The molecular formula is C16H21N5O2. The summed E-state index contributed by atoms with van der Waals surface area (Å²) in [4.78, 5) is 20.2. The van der Waals surface area contributed by atoms with E-state index in [2.05, 4.69) is 27.0 Å². The van der Waals surface area contributed by atoms with E-state index >= 15 is 0 Å². The first kappa shape index (κ1) is 15.6. The predicted molar refractivity (Wildman–Crippen MR) is 84.6 cm³/mol. The molecule has 0 saturated carbocycles. The molecular weight excluding hydrogens is 294 g/mol. The van der Waals surface area contributed by atoms with E-state index in [9.17, 15) is 4.79 Å². The summed E-state index contributed by atoms with van der Waals surface area (Å²) in [6.07, 6.45) is 0. The molecule has 1 aromatic carbocycles. The lowest BCUT2D eigenvalue weighted by Crippen LogP contribution is -2.46. The summed E-state index contributed by atoms with van der Waals surface area (Å²) in [7, 11) is 2.06. The molecule has 7 heteroatoms. The van der Waals surface area contributed by atoms with E-state index in [-0.39, 0.29) is 6.04 Å². The quantitative estimate of drug-likeness (QED) is 0.904. The molecule has 1 saturated heterocycles. The number of hydrogen-bond acceptors (Lipinski definition) is 6. The lowest BCUT2D eigenvalue weighted by Gasteiger charge is -2.37. The van der Waals surface area contributed by atoms with Crippen LogP contribution in [-0.4, -0.2) is 52.5 Å². The van der Waals surface area contributed by atoms with Crippen LogP contribution in [-0.2, 0) is 6.54 Å². The van der Waals surface area contributed by atoms with Crippen LogP contribution in [0.2, 0.25) is 0 Å². The molecule has 2 aromatic rings. The zero-order valence-corrected chi connectivity index (χ0v) is 13.4. The molecule has 1 aromatic heterocycles. The van der Waals surface area contributed by atoms with Crippen LogP contribution in [0.1, 0.15) is 33.7 Å². The third kappa shape index (κ3) is 3.57. The fraction of sp³-hybridized carbons (Fsp3) is 0.438. The molecule has 0 aliphatic carbocycles. The number of primary amides is 1. The first-order valence-electron chi connectivity index (χ1n) is 7.64. The van der Waals surface area contributed by atoms with Gasteiger partial charge in [-0.05, 0) is 31.7 Å². The Morgan fingerprint density at radius 3 is 2.96 bits per heavy atom. The maximum atomic E-state index is 11.3. The monoisotopic (exact) mass is 315 g/mol. The van der Waals surface area contributed by atoms with Crippen molar-refractivity contribution in [3.8, 4) is 0 Å². The average Bonchev–Trinajstić information content (AvgIpc) is 2.96. The predicted octanol–water partition coefficient (Wildman–Crippen LogP) is 0.966. The summed E-state index contributed by atoms with van der Waals surface area (Å²) < 4.78 is 5.33. The van der Waals surface area contributed by atoms with Crippen LogP contribution in [0.5, 0.6) is 0 Å². The number of likely N-dealkylation sites (N-methyl/N-ethyl adjacent to an activating group) is 1. The van der Waals surface area contributed by atoms with Crippen molar-refractivity contribution in [1.82, 2.24) is 19.9 Å². The van der Waals surface area contributed by atoms with Gasteiger partial charge >= 0.3 is 0 Å². The molecule has 1 amide bonds. The molecule has 1 aliphatic rings. The van der Waals surface area contributed by atoms with Gasteiger partial charge in [0.05, 0.1) is 0 Å². The molecule has 122 valence electrons. The number of aryl methyl sites for hydroxylation is 1. The molecule has 1 fully saturated rings. The smallest absolute Gasteiger partial charge is 0.248 e. The highest BCUT2D eigenvalue weighted by molar-refractivity contribution is 5.92. The van der Waals surface area contributed by atoms with Gasteiger partial charge in [0.25, 0.3) is 0 Å². The van der Waals surface area contributed by atoms with E-state index < -0.39 is 5.91 Å². The van der Waals surface area contributed by atoms with Gasteiger partial charge in [0.2, 0.25) is 11.8 Å². The summed E-state index contributed by atoms with van der Waals surface area (Å²) in [5.41, 5.74) is 6.97. The Kier molecular flexibility index (Phi) is 4.40. The second kappa shape index (κ2) is 6.47. The van der Waals surface area contributed by atoms with E-state index in [0.717, 1.165) is 31.7 Å². The Balaban J connectivity index is 1.71. The fourth-order valence-corrected chi connectivity index (χ4v) is 2.87. The van der Waals surface area contributed by atoms with Crippen molar-refractivity contribution < 1.29 is 9.32 Å². The second-order valence-corrected chi connectivity index (χ2v) is 5.98. The first-order chi connectivity index (χ1) is 11.0. The van der Waals surface area contributed by atoms with E-state index in [0.29, 0.717) is 17.3 Å². The van der Waals surface area contributed by atoms with Gasteiger partial charge in [0.15, 0.2) is 5.82 Å². The van der Waals surface area contributed by atoms with E-state index in [1.807, 2.05) is 25.1 Å². The van der Waals surface area contributed by atoms with Crippen molar-refractivity contribution in [2.24, 2.45) is 5.73 Å². The van der Waals surface area contributed by atoms with Gasteiger partial charge in [-0.2, -0.15) is 4.98 Å². The molecule has 3 rings (SSSR count). The fourth-order valence-electron chi connectivity index (χ4n) is 2.87. The highest BCUT2D eigenvalue weighted by atomic mass is 16.5. The summed E-state index contributed by atoms with van der Waals surface area (Å²) in [6.45, 7) is 5.25. The van der Waals surface area contributed by atoms with Crippen molar-refractivity contribution in [3.05, 3.63) is 47.1 Å².